The summed E-state index contributed by atoms with van der Waals surface area (Å²) < 4.78 is 24.8. The molecule has 0 radical (unpaired) electrons. The lowest BCUT2D eigenvalue weighted by molar-refractivity contribution is -0.264. The highest BCUT2D eigenvalue weighted by atomic mass is 16.7. The molecular weight excluding hydrogens is 548 g/mol. The molecular formula is C35H56O8. The zero-order valence-corrected chi connectivity index (χ0v) is 27.2. The summed E-state index contributed by atoms with van der Waals surface area (Å²) in [5.74, 6) is 2.18. The Morgan fingerprint density at radius 1 is 0.907 bits per heavy atom. The molecule has 8 heteroatoms. The molecule has 0 bridgehead atoms. The first kappa shape index (κ1) is 30.9. The fourth-order valence-corrected chi connectivity index (χ4v) is 12.6. The van der Waals surface area contributed by atoms with Crippen LogP contribution in [0.1, 0.15) is 112 Å². The van der Waals surface area contributed by atoms with Gasteiger partial charge in [0.15, 0.2) is 12.4 Å². The van der Waals surface area contributed by atoms with Gasteiger partial charge in [-0.05, 0) is 123 Å². The van der Waals surface area contributed by atoms with E-state index in [1.165, 1.54) is 45.4 Å². The van der Waals surface area contributed by atoms with Gasteiger partial charge in [0.2, 0.25) is 0 Å². The number of fused-ring (bicyclic) bond motifs is 4. The molecule has 0 amide bonds. The van der Waals surface area contributed by atoms with Gasteiger partial charge in [0, 0.05) is 13.3 Å². The van der Waals surface area contributed by atoms with Crippen molar-refractivity contribution in [3.63, 3.8) is 0 Å². The largest absolute Gasteiger partial charge is 0.457 e. The molecule has 8 nitrogen and oxygen atoms in total. The molecule has 2 spiro atoms. The summed E-state index contributed by atoms with van der Waals surface area (Å²) in [4.78, 5) is 11.9. The van der Waals surface area contributed by atoms with Gasteiger partial charge in [-0.2, -0.15) is 0 Å². The van der Waals surface area contributed by atoms with E-state index in [1.807, 2.05) is 0 Å². The Morgan fingerprint density at radius 2 is 1.65 bits per heavy atom. The highest BCUT2D eigenvalue weighted by Crippen LogP contribution is 2.87. The van der Waals surface area contributed by atoms with Gasteiger partial charge in [0.05, 0.1) is 36.6 Å². The molecule has 0 aromatic rings. The fraction of sp³-hybridized carbons (Fsp3) is 0.971. The molecule has 5 aliphatic carbocycles. The van der Waals surface area contributed by atoms with Gasteiger partial charge < -0.3 is 34.3 Å². The molecule has 8 unspecified atom stereocenters. The molecule has 0 aromatic carbocycles. The maximum absolute atomic E-state index is 11.9. The predicted octanol–water partition coefficient (Wildman–Crippen LogP) is 4.75. The summed E-state index contributed by atoms with van der Waals surface area (Å²) in [7, 11) is 0. The monoisotopic (exact) mass is 604 g/mol. The van der Waals surface area contributed by atoms with E-state index in [1.54, 1.807) is 13.8 Å². The second-order valence-corrected chi connectivity index (χ2v) is 17.3. The third kappa shape index (κ3) is 4.54. The molecule has 3 N–H and O–H groups in total. The molecule has 0 aromatic heterocycles. The van der Waals surface area contributed by atoms with Crippen molar-refractivity contribution in [2.45, 2.75) is 161 Å². The Labute approximate surface area is 257 Å². The number of carbonyl (C=O) groups is 1. The number of ether oxygens (including phenoxy) is 4. The topological polar surface area (TPSA) is 115 Å². The van der Waals surface area contributed by atoms with Crippen molar-refractivity contribution in [1.29, 1.82) is 0 Å². The number of carbonyl (C=O) groups excluding carboxylic acids is 1. The quantitative estimate of drug-likeness (QED) is 0.304. The minimum Gasteiger partial charge on any atom is -0.457 e. The Balaban J connectivity index is 1.07. The molecule has 5 saturated carbocycles. The zero-order valence-electron chi connectivity index (χ0n) is 27.2. The Kier molecular flexibility index (Phi) is 7.26. The fourth-order valence-electron chi connectivity index (χ4n) is 12.6. The number of hydrogen-bond acceptors (Lipinski definition) is 8. The van der Waals surface area contributed by atoms with Crippen LogP contribution in [-0.2, 0) is 23.7 Å². The molecule has 2 heterocycles. The second-order valence-electron chi connectivity index (χ2n) is 17.3. The van der Waals surface area contributed by atoms with E-state index in [0.717, 1.165) is 31.6 Å². The van der Waals surface area contributed by atoms with Crippen LogP contribution in [0.5, 0.6) is 0 Å². The van der Waals surface area contributed by atoms with E-state index >= 15 is 0 Å². The first-order valence-corrected chi connectivity index (χ1v) is 17.3. The van der Waals surface area contributed by atoms with Crippen molar-refractivity contribution >= 4 is 5.97 Å². The van der Waals surface area contributed by atoms with Crippen molar-refractivity contribution < 1.29 is 39.1 Å². The van der Waals surface area contributed by atoms with Gasteiger partial charge in [-0.1, -0.05) is 20.8 Å². The first-order valence-electron chi connectivity index (χ1n) is 17.3. The average Bonchev–Trinajstić information content (AvgIpc) is 3.50. The van der Waals surface area contributed by atoms with E-state index in [2.05, 4.69) is 20.8 Å². The van der Waals surface area contributed by atoms with Crippen LogP contribution >= 0.6 is 0 Å². The number of esters is 1. The normalized spacial score (nSPS) is 52.5. The van der Waals surface area contributed by atoms with Crippen LogP contribution in [0.2, 0.25) is 0 Å². The highest BCUT2D eigenvalue weighted by molar-refractivity contribution is 5.66. The van der Waals surface area contributed by atoms with Crippen molar-refractivity contribution in [1.82, 2.24) is 0 Å². The average molecular weight is 605 g/mol. The van der Waals surface area contributed by atoms with Gasteiger partial charge in [-0.3, -0.25) is 4.79 Å². The Hall–Kier alpha value is -0.770. The Bertz CT molecular complexity index is 1100. The van der Waals surface area contributed by atoms with E-state index < -0.39 is 30.2 Å². The maximum Gasteiger partial charge on any atom is 0.303 e. The summed E-state index contributed by atoms with van der Waals surface area (Å²) >= 11 is 0. The minimum absolute atomic E-state index is 0.0284. The smallest absolute Gasteiger partial charge is 0.303 e. The van der Waals surface area contributed by atoms with Gasteiger partial charge in [0.1, 0.15) is 6.10 Å². The van der Waals surface area contributed by atoms with Gasteiger partial charge in [-0.25, -0.2) is 0 Å². The van der Waals surface area contributed by atoms with Gasteiger partial charge >= 0.3 is 5.97 Å². The van der Waals surface area contributed by atoms with Crippen LogP contribution in [0.3, 0.4) is 0 Å². The summed E-state index contributed by atoms with van der Waals surface area (Å²) in [6.07, 6.45) is 9.32. The van der Waals surface area contributed by atoms with Crippen LogP contribution in [0.25, 0.3) is 0 Å². The number of hydrogen-bond donors (Lipinski definition) is 3. The number of aliphatic hydroxyl groups is 3. The number of rotatable bonds is 5. The lowest BCUT2D eigenvalue weighted by Gasteiger charge is -2.60. The van der Waals surface area contributed by atoms with E-state index in [-0.39, 0.29) is 41.7 Å². The lowest BCUT2D eigenvalue weighted by atomic mass is 9.46. The molecule has 14 atom stereocenters. The predicted molar refractivity (Wildman–Crippen MR) is 159 cm³/mol. The second kappa shape index (κ2) is 10.1. The van der Waals surface area contributed by atoms with Crippen LogP contribution in [0, 0.1) is 45.3 Å². The molecule has 244 valence electrons. The van der Waals surface area contributed by atoms with Crippen molar-refractivity contribution in [2.24, 2.45) is 45.3 Å². The molecule has 2 saturated heterocycles. The summed E-state index contributed by atoms with van der Waals surface area (Å²) in [6.45, 7) is 12.4. The van der Waals surface area contributed by atoms with Crippen LogP contribution in [-0.4, -0.2) is 76.4 Å². The SMILES string of the molecule is CC(=O)O[C@@H](C1CCC2C(CC3C4CCC5C(C)(C)[C@@H](OC6C[C@@H](O)C(O)CO6)CC[C@@]56C[C@@]46CC[C@]23C)O1)C(C)(C)O. The maximum atomic E-state index is 11.9. The van der Waals surface area contributed by atoms with Crippen LogP contribution < -0.4 is 0 Å². The van der Waals surface area contributed by atoms with Crippen molar-refractivity contribution in [3.05, 3.63) is 0 Å². The molecule has 7 fully saturated rings. The summed E-state index contributed by atoms with van der Waals surface area (Å²) in [5, 5.41) is 31.0. The lowest BCUT2D eigenvalue weighted by Crippen LogP contribution is -2.56. The zero-order chi connectivity index (χ0) is 30.7. The van der Waals surface area contributed by atoms with E-state index in [0.29, 0.717) is 35.0 Å². The third-order valence-electron chi connectivity index (χ3n) is 14.5. The Morgan fingerprint density at radius 3 is 2.35 bits per heavy atom. The number of aliphatic hydroxyl groups excluding tert-OH is 2. The molecule has 7 rings (SSSR count). The first-order chi connectivity index (χ1) is 20.1. The van der Waals surface area contributed by atoms with E-state index in [9.17, 15) is 20.1 Å². The highest BCUT2D eigenvalue weighted by Gasteiger charge is 2.80. The van der Waals surface area contributed by atoms with Crippen molar-refractivity contribution in [2.75, 3.05) is 6.61 Å². The summed E-state index contributed by atoms with van der Waals surface area (Å²) in [5.41, 5.74) is 0.00131. The molecule has 7 aliphatic rings. The van der Waals surface area contributed by atoms with Crippen LogP contribution in [0.15, 0.2) is 0 Å². The van der Waals surface area contributed by atoms with Gasteiger partial charge in [0.25, 0.3) is 0 Å². The van der Waals surface area contributed by atoms with E-state index in [4.69, 9.17) is 18.9 Å². The molecule has 2 aliphatic heterocycles. The van der Waals surface area contributed by atoms with Crippen molar-refractivity contribution in [3.8, 4) is 0 Å². The summed E-state index contributed by atoms with van der Waals surface area (Å²) in [6, 6.07) is 0. The van der Waals surface area contributed by atoms with Gasteiger partial charge in [-0.15, -0.1) is 0 Å². The third-order valence-corrected chi connectivity index (χ3v) is 14.5. The standard InChI is InChI=1S/C35H56O8/c1-19(36)41-30(32(4,5)39)25-9-7-21-26(42-25)15-22-20-8-10-27-31(2,3)28(43-29-16-23(37)24(38)17-40-29)11-12-35(27)18-34(20,35)14-13-33(21,22)6/h20-30,37-39H,7-18H2,1-6H3/t20?,21?,22?,23-,24?,25?,26?,27?,28+,29?,30+,33-,34+,35-/m1/s1. The minimum atomic E-state index is -1.15. The molecule has 43 heavy (non-hydrogen) atoms. The van der Waals surface area contributed by atoms with Crippen LogP contribution in [0.4, 0.5) is 0 Å².